The van der Waals surface area contributed by atoms with Gasteiger partial charge < -0.3 is 4.57 Å². The second-order valence-corrected chi connectivity index (χ2v) is 3.93. The van der Waals surface area contributed by atoms with Crippen LogP contribution >= 0.6 is 23.2 Å². The number of aromatic nitrogens is 1. The molecule has 0 saturated heterocycles. The van der Waals surface area contributed by atoms with Gasteiger partial charge in [0.05, 0.1) is 10.0 Å². The molecule has 0 atom stereocenters. The molecule has 72 valence electrons. The lowest BCUT2D eigenvalue weighted by Gasteiger charge is -2.06. The van der Waals surface area contributed by atoms with Gasteiger partial charge in [-0.3, -0.25) is 0 Å². The van der Waals surface area contributed by atoms with Crippen molar-refractivity contribution in [1.82, 2.24) is 4.57 Å². The molecule has 0 aliphatic carbocycles. The van der Waals surface area contributed by atoms with E-state index < -0.39 is 0 Å². The summed E-state index contributed by atoms with van der Waals surface area (Å²) in [5.74, 6) is 0. The number of aryl methyl sites for hydroxylation is 1. The Labute approximate surface area is 92.9 Å². The maximum Gasteiger partial charge on any atom is 0.0613 e. The van der Waals surface area contributed by atoms with E-state index in [9.17, 15) is 0 Å². The van der Waals surface area contributed by atoms with Gasteiger partial charge in [0.1, 0.15) is 0 Å². The zero-order valence-electron chi connectivity index (χ0n) is 7.67. The third-order valence-electron chi connectivity index (χ3n) is 2.13. The van der Waals surface area contributed by atoms with Gasteiger partial charge in [-0.2, -0.15) is 0 Å². The number of hydrogen-bond acceptors (Lipinski definition) is 0. The van der Waals surface area contributed by atoms with Crippen LogP contribution in [-0.2, 0) is 0 Å². The number of halogens is 2. The first kappa shape index (κ1) is 9.63. The van der Waals surface area contributed by atoms with E-state index >= 15 is 0 Å². The van der Waals surface area contributed by atoms with E-state index in [1.807, 2.05) is 37.4 Å². The highest BCUT2D eigenvalue weighted by Crippen LogP contribution is 2.25. The second-order valence-electron chi connectivity index (χ2n) is 3.12. The number of rotatable bonds is 1. The van der Waals surface area contributed by atoms with Crippen molar-refractivity contribution in [2.24, 2.45) is 0 Å². The van der Waals surface area contributed by atoms with Crippen LogP contribution in [0.2, 0.25) is 10.0 Å². The smallest absolute Gasteiger partial charge is 0.0613 e. The van der Waals surface area contributed by atoms with E-state index in [-0.39, 0.29) is 0 Å². The van der Waals surface area contributed by atoms with Crippen LogP contribution in [0.5, 0.6) is 0 Å². The van der Waals surface area contributed by atoms with E-state index in [0.717, 1.165) is 5.69 Å². The summed E-state index contributed by atoms with van der Waals surface area (Å²) in [4.78, 5) is 0. The summed E-state index contributed by atoms with van der Waals surface area (Å²) in [6.45, 7) is 2.04. The van der Waals surface area contributed by atoms with Crippen LogP contribution in [0.25, 0.3) is 5.69 Å². The topological polar surface area (TPSA) is 4.93 Å². The molecule has 2 rings (SSSR count). The molecule has 1 heterocycles. The van der Waals surface area contributed by atoms with Crippen LogP contribution in [0, 0.1) is 6.92 Å². The molecular weight excluding hydrogens is 217 g/mol. The van der Waals surface area contributed by atoms with Crippen LogP contribution in [-0.4, -0.2) is 4.57 Å². The summed E-state index contributed by atoms with van der Waals surface area (Å²) in [5.41, 5.74) is 2.20. The molecule has 3 heteroatoms. The highest BCUT2D eigenvalue weighted by molar-refractivity contribution is 6.42. The van der Waals surface area contributed by atoms with Crippen molar-refractivity contribution in [2.75, 3.05) is 0 Å². The minimum absolute atomic E-state index is 0.581. The van der Waals surface area contributed by atoms with Crippen molar-refractivity contribution < 1.29 is 0 Å². The number of benzene rings is 1. The lowest BCUT2D eigenvalue weighted by molar-refractivity contribution is 1.02. The zero-order valence-corrected chi connectivity index (χ0v) is 9.18. The molecule has 0 aliphatic rings. The van der Waals surface area contributed by atoms with E-state index in [1.165, 1.54) is 5.69 Å². The summed E-state index contributed by atoms with van der Waals surface area (Å²) in [5, 5.41) is 1.16. The maximum absolute atomic E-state index is 5.94. The first-order chi connectivity index (χ1) is 6.68. The normalized spacial score (nSPS) is 10.5. The Morgan fingerprint density at radius 3 is 2.43 bits per heavy atom. The first-order valence-corrected chi connectivity index (χ1v) is 5.03. The lowest BCUT2D eigenvalue weighted by atomic mass is 10.3. The van der Waals surface area contributed by atoms with Gasteiger partial charge >= 0.3 is 0 Å². The monoisotopic (exact) mass is 225 g/mol. The number of nitrogens with zero attached hydrogens (tertiary/aromatic N) is 1. The Bertz CT molecular complexity index is 460. The summed E-state index contributed by atoms with van der Waals surface area (Å²) in [6, 6.07) is 9.65. The number of hydrogen-bond donors (Lipinski definition) is 0. The third-order valence-corrected chi connectivity index (χ3v) is 2.87. The molecule has 0 saturated carbocycles. The quantitative estimate of drug-likeness (QED) is 0.690. The Morgan fingerprint density at radius 1 is 1.07 bits per heavy atom. The molecule has 2 aromatic rings. The van der Waals surface area contributed by atoms with Crippen LogP contribution in [0.4, 0.5) is 0 Å². The minimum Gasteiger partial charge on any atom is -0.321 e. The summed E-state index contributed by atoms with van der Waals surface area (Å²) in [7, 11) is 0. The molecule has 0 N–H and O–H groups in total. The van der Waals surface area contributed by atoms with Crippen LogP contribution < -0.4 is 0 Å². The van der Waals surface area contributed by atoms with Gasteiger partial charge in [-0.05, 0) is 37.3 Å². The van der Waals surface area contributed by atoms with Gasteiger partial charge in [-0.1, -0.05) is 23.2 Å². The third kappa shape index (κ3) is 1.66. The molecule has 0 amide bonds. The van der Waals surface area contributed by atoms with Gasteiger partial charge in [0.2, 0.25) is 0 Å². The van der Waals surface area contributed by atoms with Crippen molar-refractivity contribution in [1.29, 1.82) is 0 Å². The zero-order chi connectivity index (χ0) is 10.1. The minimum atomic E-state index is 0.581. The van der Waals surface area contributed by atoms with Gasteiger partial charge in [0.15, 0.2) is 0 Å². The predicted molar refractivity (Wildman–Crippen MR) is 60.5 cm³/mol. The molecule has 0 aliphatic heterocycles. The Balaban J connectivity index is 2.53. The Morgan fingerprint density at radius 2 is 1.86 bits per heavy atom. The molecular formula is C11H9Cl2N. The first-order valence-electron chi connectivity index (χ1n) is 4.28. The van der Waals surface area contributed by atoms with Crippen molar-refractivity contribution >= 4 is 23.2 Å². The lowest BCUT2D eigenvalue weighted by Crippen LogP contribution is -1.93. The summed E-state index contributed by atoms with van der Waals surface area (Å²) >= 11 is 11.8. The fourth-order valence-corrected chi connectivity index (χ4v) is 1.68. The second kappa shape index (κ2) is 3.68. The fourth-order valence-electron chi connectivity index (χ4n) is 1.39. The Kier molecular flexibility index (Phi) is 2.53. The van der Waals surface area contributed by atoms with Crippen molar-refractivity contribution in [3.63, 3.8) is 0 Å². The highest BCUT2D eigenvalue weighted by atomic mass is 35.5. The van der Waals surface area contributed by atoms with E-state index in [0.29, 0.717) is 10.0 Å². The Hall–Kier alpha value is -0.920. The molecule has 1 nitrogen and oxygen atoms in total. The average molecular weight is 226 g/mol. The molecule has 0 radical (unpaired) electrons. The van der Waals surface area contributed by atoms with E-state index in [1.54, 1.807) is 6.07 Å². The van der Waals surface area contributed by atoms with Gasteiger partial charge in [-0.15, -0.1) is 0 Å². The van der Waals surface area contributed by atoms with Crippen LogP contribution in [0.3, 0.4) is 0 Å². The standard InChI is InChI=1S/C11H9Cl2N/c1-8-3-2-6-14(8)9-4-5-10(12)11(13)7-9/h2-7H,1H3. The van der Waals surface area contributed by atoms with Crippen molar-refractivity contribution in [3.8, 4) is 5.69 Å². The molecule has 0 fully saturated rings. The van der Waals surface area contributed by atoms with Crippen molar-refractivity contribution in [3.05, 3.63) is 52.3 Å². The SMILES string of the molecule is Cc1cccn1-c1ccc(Cl)c(Cl)c1. The molecule has 0 spiro atoms. The van der Waals surface area contributed by atoms with Crippen LogP contribution in [0.1, 0.15) is 5.69 Å². The fraction of sp³-hybridized carbons (Fsp3) is 0.0909. The predicted octanol–water partition coefficient (Wildman–Crippen LogP) is 4.09. The van der Waals surface area contributed by atoms with Gasteiger partial charge in [0, 0.05) is 17.6 Å². The average Bonchev–Trinajstić information content (AvgIpc) is 2.57. The van der Waals surface area contributed by atoms with Crippen molar-refractivity contribution in [2.45, 2.75) is 6.92 Å². The summed E-state index contributed by atoms with van der Waals surface area (Å²) < 4.78 is 2.06. The van der Waals surface area contributed by atoms with E-state index in [4.69, 9.17) is 23.2 Å². The van der Waals surface area contributed by atoms with Crippen LogP contribution in [0.15, 0.2) is 36.5 Å². The molecule has 0 unspecified atom stereocenters. The van der Waals surface area contributed by atoms with Gasteiger partial charge in [-0.25, -0.2) is 0 Å². The van der Waals surface area contributed by atoms with E-state index in [2.05, 4.69) is 4.57 Å². The largest absolute Gasteiger partial charge is 0.321 e. The maximum atomic E-state index is 5.94. The molecule has 0 bridgehead atoms. The summed E-state index contributed by atoms with van der Waals surface area (Å²) in [6.07, 6.45) is 1.99. The highest BCUT2D eigenvalue weighted by Gasteiger charge is 2.02. The molecule has 1 aromatic carbocycles. The molecule has 1 aromatic heterocycles. The molecule has 14 heavy (non-hydrogen) atoms. The van der Waals surface area contributed by atoms with Gasteiger partial charge in [0.25, 0.3) is 0 Å².